The zero-order valence-corrected chi connectivity index (χ0v) is 22.1. The number of nitrogens with one attached hydrogen (secondary N) is 1. The van der Waals surface area contributed by atoms with Gasteiger partial charge in [-0.25, -0.2) is 12.8 Å². The number of hydrogen-bond acceptors (Lipinski definition) is 5. The highest BCUT2D eigenvalue weighted by atomic mass is 32.2. The number of halogens is 1. The number of amides is 2. The van der Waals surface area contributed by atoms with E-state index in [1.54, 1.807) is 19.1 Å². The van der Waals surface area contributed by atoms with Crippen molar-refractivity contribution in [2.45, 2.75) is 59.2 Å². The number of ketones is 1. The number of benzene rings is 2. The van der Waals surface area contributed by atoms with Gasteiger partial charge in [0, 0.05) is 18.2 Å². The third kappa shape index (κ3) is 7.87. The van der Waals surface area contributed by atoms with Gasteiger partial charge >= 0.3 is 0 Å². The number of carbonyl (C=O) groups excluding carboxylic acids is 3. The highest BCUT2D eigenvalue weighted by molar-refractivity contribution is 7.92. The minimum absolute atomic E-state index is 0.0172. The molecule has 0 aliphatic rings. The fourth-order valence-corrected chi connectivity index (χ4v) is 4.48. The van der Waals surface area contributed by atoms with Crippen molar-refractivity contribution in [3.63, 3.8) is 0 Å². The zero-order valence-electron chi connectivity index (χ0n) is 21.3. The summed E-state index contributed by atoms with van der Waals surface area (Å²) in [4.78, 5) is 39.8. The molecule has 0 bridgehead atoms. The third-order valence-corrected chi connectivity index (χ3v) is 7.01. The van der Waals surface area contributed by atoms with Crippen molar-refractivity contribution in [3.8, 4) is 0 Å². The molecule has 0 aromatic heterocycles. The van der Waals surface area contributed by atoms with Gasteiger partial charge in [-0.2, -0.15) is 0 Å². The van der Waals surface area contributed by atoms with Crippen LogP contribution in [-0.4, -0.2) is 55.8 Å². The molecule has 0 unspecified atom stereocenters. The predicted molar refractivity (Wildman–Crippen MR) is 138 cm³/mol. The second kappa shape index (κ2) is 12.6. The van der Waals surface area contributed by atoms with Crippen molar-refractivity contribution in [1.29, 1.82) is 0 Å². The summed E-state index contributed by atoms with van der Waals surface area (Å²) in [7, 11) is -3.92. The van der Waals surface area contributed by atoms with Crippen LogP contribution in [0, 0.1) is 5.82 Å². The van der Waals surface area contributed by atoms with Crippen molar-refractivity contribution in [2.75, 3.05) is 17.1 Å². The predicted octanol–water partition coefficient (Wildman–Crippen LogP) is 3.52. The summed E-state index contributed by atoms with van der Waals surface area (Å²) >= 11 is 0. The van der Waals surface area contributed by atoms with E-state index in [0.29, 0.717) is 17.5 Å². The summed E-state index contributed by atoms with van der Waals surface area (Å²) in [6.07, 6.45) is 1.95. The molecular weight excluding hydrogens is 485 g/mol. The molecule has 2 aromatic carbocycles. The molecular formula is C26H34FN3O5S. The van der Waals surface area contributed by atoms with E-state index in [4.69, 9.17) is 0 Å². The second-order valence-electron chi connectivity index (χ2n) is 8.77. The minimum Gasteiger partial charge on any atom is -0.352 e. The Labute approximate surface area is 212 Å². The molecule has 1 N–H and O–H groups in total. The van der Waals surface area contributed by atoms with Gasteiger partial charge < -0.3 is 10.2 Å². The average Bonchev–Trinajstić information content (AvgIpc) is 2.82. The van der Waals surface area contributed by atoms with Crippen LogP contribution in [0.3, 0.4) is 0 Å². The Bertz CT molecular complexity index is 1180. The molecule has 0 aliphatic carbocycles. The maximum Gasteiger partial charge on any atom is 0.244 e. The van der Waals surface area contributed by atoms with Gasteiger partial charge in [-0.15, -0.1) is 0 Å². The SMILES string of the molecule is CC[C@@H](C)NC(=O)[C@H](CC)N(Cc1ccc(F)cc1)C(=O)CN(c1cccc(C(C)=O)c1)S(C)(=O)=O. The van der Waals surface area contributed by atoms with Gasteiger partial charge in [0.1, 0.15) is 18.4 Å². The minimum atomic E-state index is -3.92. The molecule has 0 radical (unpaired) electrons. The monoisotopic (exact) mass is 519 g/mol. The van der Waals surface area contributed by atoms with Gasteiger partial charge in [0.15, 0.2) is 5.78 Å². The lowest BCUT2D eigenvalue weighted by Gasteiger charge is -2.33. The van der Waals surface area contributed by atoms with Crippen LogP contribution in [0.25, 0.3) is 0 Å². The normalized spacial score (nSPS) is 12.9. The molecule has 10 heteroatoms. The van der Waals surface area contributed by atoms with Gasteiger partial charge in [-0.3, -0.25) is 18.7 Å². The fourth-order valence-electron chi connectivity index (χ4n) is 3.64. The Morgan fingerprint density at radius 3 is 2.19 bits per heavy atom. The molecule has 0 saturated heterocycles. The highest BCUT2D eigenvalue weighted by Crippen LogP contribution is 2.21. The Morgan fingerprint density at radius 1 is 1.03 bits per heavy atom. The number of carbonyl (C=O) groups is 3. The lowest BCUT2D eigenvalue weighted by Crippen LogP contribution is -2.53. The quantitative estimate of drug-likeness (QED) is 0.432. The Balaban J connectivity index is 2.47. The van der Waals surface area contributed by atoms with Gasteiger partial charge in [0.2, 0.25) is 21.8 Å². The number of anilines is 1. The molecule has 0 saturated carbocycles. The molecule has 0 aliphatic heterocycles. The summed E-state index contributed by atoms with van der Waals surface area (Å²) < 4.78 is 39.7. The van der Waals surface area contributed by atoms with Gasteiger partial charge in [0.05, 0.1) is 11.9 Å². The molecule has 196 valence electrons. The van der Waals surface area contributed by atoms with Crippen LogP contribution in [0.1, 0.15) is 56.5 Å². The van der Waals surface area contributed by atoms with Crippen molar-refractivity contribution < 1.29 is 27.2 Å². The number of rotatable bonds is 12. The molecule has 36 heavy (non-hydrogen) atoms. The van der Waals surface area contributed by atoms with Crippen LogP contribution in [0.15, 0.2) is 48.5 Å². The van der Waals surface area contributed by atoms with Gasteiger partial charge in [-0.05, 0) is 56.5 Å². The molecule has 8 nitrogen and oxygen atoms in total. The fraction of sp³-hybridized carbons (Fsp3) is 0.423. The first-order chi connectivity index (χ1) is 16.9. The smallest absolute Gasteiger partial charge is 0.244 e. The Morgan fingerprint density at radius 2 is 1.67 bits per heavy atom. The lowest BCUT2D eigenvalue weighted by atomic mass is 10.1. The summed E-state index contributed by atoms with van der Waals surface area (Å²) in [5.74, 6) is -1.65. The van der Waals surface area contributed by atoms with Crippen molar-refractivity contribution in [2.24, 2.45) is 0 Å². The average molecular weight is 520 g/mol. The second-order valence-corrected chi connectivity index (χ2v) is 10.7. The van der Waals surface area contributed by atoms with E-state index < -0.39 is 34.3 Å². The van der Waals surface area contributed by atoms with Crippen LogP contribution in [0.5, 0.6) is 0 Å². The third-order valence-electron chi connectivity index (χ3n) is 5.87. The largest absolute Gasteiger partial charge is 0.352 e. The van der Waals surface area contributed by atoms with Crippen LogP contribution in [-0.2, 0) is 26.2 Å². The van der Waals surface area contributed by atoms with Crippen LogP contribution >= 0.6 is 0 Å². The van der Waals surface area contributed by atoms with Crippen molar-refractivity contribution >= 4 is 33.3 Å². The summed E-state index contributed by atoms with van der Waals surface area (Å²) in [5, 5.41) is 2.88. The molecule has 0 fully saturated rings. The van der Waals surface area contributed by atoms with Gasteiger partial charge in [0.25, 0.3) is 0 Å². The number of nitrogens with zero attached hydrogens (tertiary/aromatic N) is 2. The first-order valence-corrected chi connectivity index (χ1v) is 13.6. The summed E-state index contributed by atoms with van der Waals surface area (Å²) in [6, 6.07) is 10.6. The molecule has 0 spiro atoms. The van der Waals surface area contributed by atoms with E-state index in [2.05, 4.69) is 5.32 Å². The zero-order chi connectivity index (χ0) is 27.0. The van der Waals surface area contributed by atoms with Crippen molar-refractivity contribution in [1.82, 2.24) is 10.2 Å². The standard InChI is InChI=1S/C26H34FN3O5S/c1-6-18(3)28-26(33)24(7-2)29(16-20-11-13-22(27)14-12-20)25(32)17-30(36(5,34)35)23-10-8-9-21(15-23)19(4)31/h8-15,18,24H,6-7,16-17H2,1-5H3,(H,28,33)/t18-,24+/m1/s1. The first-order valence-electron chi connectivity index (χ1n) is 11.8. The molecule has 2 rings (SSSR count). The van der Waals surface area contributed by atoms with Crippen LogP contribution < -0.4 is 9.62 Å². The first kappa shape index (κ1) is 29.0. The maximum absolute atomic E-state index is 13.6. The van der Waals surface area contributed by atoms with Crippen molar-refractivity contribution in [3.05, 3.63) is 65.5 Å². The van der Waals surface area contributed by atoms with E-state index in [9.17, 15) is 27.2 Å². The number of Topliss-reactive ketones (excluding diaryl/α,β-unsaturated/α-hetero) is 1. The van der Waals surface area contributed by atoms with E-state index in [1.165, 1.54) is 48.2 Å². The van der Waals surface area contributed by atoms with E-state index in [1.807, 2.05) is 13.8 Å². The molecule has 2 amide bonds. The Hall–Kier alpha value is -3.27. The number of sulfonamides is 1. The van der Waals surface area contributed by atoms with E-state index in [0.717, 1.165) is 10.6 Å². The van der Waals surface area contributed by atoms with Gasteiger partial charge in [-0.1, -0.05) is 38.1 Å². The summed E-state index contributed by atoms with van der Waals surface area (Å²) in [5.41, 5.74) is 1.05. The molecule has 2 aromatic rings. The summed E-state index contributed by atoms with van der Waals surface area (Å²) in [6.45, 7) is 6.31. The van der Waals surface area contributed by atoms with E-state index in [-0.39, 0.29) is 36.4 Å². The van der Waals surface area contributed by atoms with E-state index >= 15 is 0 Å². The Kier molecular flexibility index (Phi) is 10.2. The molecule has 0 heterocycles. The lowest BCUT2D eigenvalue weighted by molar-refractivity contribution is -0.140. The highest BCUT2D eigenvalue weighted by Gasteiger charge is 2.32. The van der Waals surface area contributed by atoms with Crippen LogP contribution in [0.2, 0.25) is 0 Å². The number of hydrogen-bond donors (Lipinski definition) is 1. The van der Waals surface area contributed by atoms with Crippen LogP contribution in [0.4, 0.5) is 10.1 Å². The molecule has 2 atom stereocenters. The topological polar surface area (TPSA) is 104 Å². The maximum atomic E-state index is 13.6.